The summed E-state index contributed by atoms with van der Waals surface area (Å²) in [5.41, 5.74) is 0. The van der Waals surface area contributed by atoms with Gasteiger partial charge in [0, 0.05) is 26.0 Å². The van der Waals surface area contributed by atoms with Gasteiger partial charge >= 0.3 is 11.9 Å². The van der Waals surface area contributed by atoms with Gasteiger partial charge in [0.25, 0.3) is 0 Å². The van der Waals surface area contributed by atoms with Crippen LogP contribution < -0.4 is 5.32 Å². The molecule has 17 heteroatoms. The van der Waals surface area contributed by atoms with Crippen molar-refractivity contribution in [1.82, 2.24) is 5.32 Å². The number of aliphatic carboxylic acids is 1. The third-order valence-corrected chi connectivity index (χ3v) is 6.80. The summed E-state index contributed by atoms with van der Waals surface area (Å²) < 4.78 is 65.1. The number of hydrogen-bond donors (Lipinski definition) is 2. The second-order valence-corrected chi connectivity index (χ2v) is 11.4. The Morgan fingerprint density at radius 1 is 0.396 bits per heavy atom. The van der Waals surface area contributed by atoms with Gasteiger partial charge in [-0.2, -0.15) is 0 Å². The smallest absolute Gasteiger partial charge is 0.305 e. The molecule has 2 N–H and O–H groups in total. The summed E-state index contributed by atoms with van der Waals surface area (Å²) >= 11 is 0. The molecule has 0 aromatic rings. The number of esters is 1. The lowest BCUT2D eigenvalue weighted by molar-refractivity contribution is -0.145. The number of ether oxygens (including phenoxy) is 12. The first-order valence-electron chi connectivity index (χ1n) is 19.1. The van der Waals surface area contributed by atoms with Gasteiger partial charge in [-0.3, -0.25) is 14.4 Å². The van der Waals surface area contributed by atoms with Crippen LogP contribution in [-0.4, -0.2) is 181 Å². The van der Waals surface area contributed by atoms with Crippen LogP contribution in [0.1, 0.15) is 58.3 Å². The van der Waals surface area contributed by atoms with Crippen molar-refractivity contribution < 1.29 is 76.3 Å². The molecule has 0 aliphatic carbocycles. The highest BCUT2D eigenvalue weighted by molar-refractivity contribution is 5.80. The molecule has 314 valence electrons. The highest BCUT2D eigenvalue weighted by Crippen LogP contribution is 2.03. The minimum Gasteiger partial charge on any atom is -0.481 e. The van der Waals surface area contributed by atoms with Crippen LogP contribution in [0.3, 0.4) is 0 Å². The molecule has 0 heterocycles. The van der Waals surface area contributed by atoms with Gasteiger partial charge in [0.2, 0.25) is 5.91 Å². The predicted octanol–water partition coefficient (Wildman–Crippen LogP) is 2.05. The van der Waals surface area contributed by atoms with Gasteiger partial charge < -0.3 is 67.3 Å². The van der Waals surface area contributed by atoms with E-state index in [2.05, 4.69) is 12.2 Å². The summed E-state index contributed by atoms with van der Waals surface area (Å²) in [5.74, 6) is -1.41. The van der Waals surface area contributed by atoms with Crippen molar-refractivity contribution in [2.24, 2.45) is 0 Å². The molecule has 0 bridgehead atoms. The van der Waals surface area contributed by atoms with Crippen LogP contribution >= 0.6 is 0 Å². The average molecular weight is 772 g/mol. The summed E-state index contributed by atoms with van der Waals surface area (Å²) in [6.07, 6.45) is 5.19. The molecule has 0 aliphatic rings. The Hall–Kier alpha value is -2.03. The molecule has 0 fully saturated rings. The van der Waals surface area contributed by atoms with Crippen molar-refractivity contribution in [2.45, 2.75) is 58.3 Å². The minimum atomic E-state index is -0.985. The summed E-state index contributed by atoms with van der Waals surface area (Å²) in [6.45, 7) is 13.1. The zero-order valence-electron chi connectivity index (χ0n) is 32.2. The second kappa shape index (κ2) is 44.4. The summed E-state index contributed by atoms with van der Waals surface area (Å²) in [4.78, 5) is 33.3. The lowest BCUT2D eigenvalue weighted by atomic mass is 10.2. The number of hydrogen-bond acceptors (Lipinski definition) is 15. The Morgan fingerprint density at radius 3 is 1.08 bits per heavy atom. The summed E-state index contributed by atoms with van der Waals surface area (Å²) in [6, 6.07) is 0. The molecule has 0 saturated carbocycles. The molecule has 0 aliphatic heterocycles. The molecule has 0 unspecified atom stereocenters. The molecule has 17 nitrogen and oxygen atoms in total. The molecule has 0 aromatic heterocycles. The van der Waals surface area contributed by atoms with Gasteiger partial charge in [-0.1, -0.05) is 26.2 Å². The Bertz CT molecular complexity index is 795. The fourth-order valence-corrected chi connectivity index (χ4v) is 3.99. The standard InChI is InChI=1S/C36H69NO16/c1-2-3-4-5-7-36(41)53-33-32-52-31-30-51-29-28-50-27-26-49-25-24-48-23-22-47-21-20-46-19-18-45-17-16-44-15-14-43-13-12-42-11-6-10-37-34(38)8-9-35(39)40/h2-33H2,1H3,(H,37,38)(H,39,40). The van der Waals surface area contributed by atoms with Crippen molar-refractivity contribution >= 4 is 17.8 Å². The largest absolute Gasteiger partial charge is 0.481 e. The molecular formula is C36H69NO16. The average Bonchev–Trinajstić information content (AvgIpc) is 3.15. The Kier molecular flexibility index (Phi) is 42.7. The van der Waals surface area contributed by atoms with Gasteiger partial charge in [0.15, 0.2) is 0 Å². The normalized spacial score (nSPS) is 11.3. The molecule has 0 atom stereocenters. The van der Waals surface area contributed by atoms with Crippen molar-refractivity contribution in [3.63, 3.8) is 0 Å². The molecule has 0 rings (SSSR count). The molecule has 0 radical (unpaired) electrons. The van der Waals surface area contributed by atoms with Gasteiger partial charge in [-0.25, -0.2) is 0 Å². The first-order chi connectivity index (χ1) is 26.1. The quantitative estimate of drug-likeness (QED) is 0.0674. The summed E-state index contributed by atoms with van der Waals surface area (Å²) in [5, 5.41) is 11.2. The number of carboxylic acids is 1. The third-order valence-electron chi connectivity index (χ3n) is 6.80. The van der Waals surface area contributed by atoms with Crippen LogP contribution in [0.2, 0.25) is 0 Å². The molecular weight excluding hydrogens is 702 g/mol. The second-order valence-electron chi connectivity index (χ2n) is 11.4. The maximum Gasteiger partial charge on any atom is 0.305 e. The SMILES string of the molecule is CCCCCCC(=O)OCCOCCOCCOCCOCCOCCOCCOCCOCCOCCOCCOCCCNC(=O)CCC(=O)O. The molecule has 1 amide bonds. The molecule has 0 aromatic carbocycles. The van der Waals surface area contributed by atoms with E-state index in [1.807, 2.05) is 0 Å². The van der Waals surface area contributed by atoms with E-state index in [0.717, 1.165) is 25.7 Å². The maximum atomic E-state index is 11.6. The van der Waals surface area contributed by atoms with Crippen LogP contribution in [-0.2, 0) is 71.2 Å². The van der Waals surface area contributed by atoms with Crippen LogP contribution in [0.4, 0.5) is 0 Å². The lowest BCUT2D eigenvalue weighted by Crippen LogP contribution is -2.25. The summed E-state index contributed by atoms with van der Waals surface area (Å²) in [7, 11) is 0. The fourth-order valence-electron chi connectivity index (χ4n) is 3.99. The van der Waals surface area contributed by atoms with E-state index in [-0.39, 0.29) is 31.3 Å². The zero-order valence-corrected chi connectivity index (χ0v) is 32.2. The van der Waals surface area contributed by atoms with E-state index >= 15 is 0 Å². The van der Waals surface area contributed by atoms with E-state index in [1.165, 1.54) is 0 Å². The number of carbonyl (C=O) groups is 3. The number of carboxylic acid groups (broad SMARTS) is 1. The highest BCUT2D eigenvalue weighted by Gasteiger charge is 2.05. The van der Waals surface area contributed by atoms with E-state index in [1.54, 1.807) is 0 Å². The van der Waals surface area contributed by atoms with Crippen LogP contribution in [0.5, 0.6) is 0 Å². The maximum absolute atomic E-state index is 11.6. The molecule has 0 saturated heterocycles. The Balaban J connectivity index is 3.11. The zero-order chi connectivity index (χ0) is 38.6. The van der Waals surface area contributed by atoms with E-state index in [4.69, 9.17) is 61.9 Å². The van der Waals surface area contributed by atoms with Gasteiger partial charge in [-0.05, 0) is 12.8 Å². The first-order valence-corrected chi connectivity index (χ1v) is 19.1. The van der Waals surface area contributed by atoms with Crippen LogP contribution in [0.15, 0.2) is 0 Å². The van der Waals surface area contributed by atoms with Crippen LogP contribution in [0, 0.1) is 0 Å². The van der Waals surface area contributed by atoms with E-state index < -0.39 is 5.97 Å². The van der Waals surface area contributed by atoms with Crippen molar-refractivity contribution in [2.75, 3.05) is 159 Å². The van der Waals surface area contributed by atoms with E-state index in [0.29, 0.717) is 165 Å². The van der Waals surface area contributed by atoms with Crippen LogP contribution in [0.25, 0.3) is 0 Å². The van der Waals surface area contributed by atoms with Gasteiger partial charge in [0.05, 0.1) is 145 Å². The number of amides is 1. The highest BCUT2D eigenvalue weighted by atomic mass is 16.6. The van der Waals surface area contributed by atoms with E-state index in [9.17, 15) is 14.4 Å². The Labute approximate surface area is 316 Å². The third kappa shape index (κ3) is 46.1. The van der Waals surface area contributed by atoms with Crippen molar-refractivity contribution in [3.8, 4) is 0 Å². The van der Waals surface area contributed by atoms with Gasteiger partial charge in [-0.15, -0.1) is 0 Å². The lowest BCUT2D eigenvalue weighted by Gasteiger charge is -2.09. The van der Waals surface area contributed by atoms with Gasteiger partial charge in [0.1, 0.15) is 6.61 Å². The Morgan fingerprint density at radius 2 is 0.736 bits per heavy atom. The number of rotatable bonds is 45. The molecule has 0 spiro atoms. The van der Waals surface area contributed by atoms with Crippen molar-refractivity contribution in [1.29, 1.82) is 0 Å². The number of unbranched alkanes of at least 4 members (excludes halogenated alkanes) is 3. The fraction of sp³-hybridized carbons (Fsp3) is 0.917. The number of nitrogens with one attached hydrogen (secondary N) is 1. The monoisotopic (exact) mass is 771 g/mol. The molecule has 53 heavy (non-hydrogen) atoms. The first kappa shape index (κ1) is 51.0. The topological polar surface area (TPSA) is 194 Å². The van der Waals surface area contributed by atoms with Crippen molar-refractivity contribution in [3.05, 3.63) is 0 Å². The number of carbonyl (C=O) groups excluding carboxylic acids is 2. The minimum absolute atomic E-state index is 0.0133. The predicted molar refractivity (Wildman–Crippen MR) is 193 cm³/mol.